The summed E-state index contributed by atoms with van der Waals surface area (Å²) in [6.07, 6.45) is 2.86. The van der Waals surface area contributed by atoms with E-state index in [4.69, 9.17) is 17.3 Å². The minimum Gasteiger partial charge on any atom is -0.382 e. The van der Waals surface area contributed by atoms with Gasteiger partial charge in [0.1, 0.15) is 29.6 Å². The van der Waals surface area contributed by atoms with Gasteiger partial charge >= 0.3 is 0 Å². The van der Waals surface area contributed by atoms with Crippen LogP contribution in [0.5, 0.6) is 0 Å². The van der Waals surface area contributed by atoms with Crippen LogP contribution in [-0.4, -0.2) is 24.6 Å². The highest BCUT2D eigenvalue weighted by Crippen LogP contribution is 2.25. The predicted molar refractivity (Wildman–Crippen MR) is 102 cm³/mol. The quantitative estimate of drug-likeness (QED) is 0.562. The molecule has 3 N–H and O–H groups in total. The van der Waals surface area contributed by atoms with E-state index in [0.29, 0.717) is 23.2 Å². The number of anilines is 2. The Labute approximate surface area is 159 Å². The fourth-order valence-corrected chi connectivity index (χ4v) is 2.89. The van der Waals surface area contributed by atoms with Gasteiger partial charge in [-0.2, -0.15) is 10.4 Å². The lowest BCUT2D eigenvalue weighted by Crippen LogP contribution is -2.09. The van der Waals surface area contributed by atoms with Gasteiger partial charge in [-0.05, 0) is 6.07 Å². The number of nitrogens with zero attached hydrogens (tertiary/aromatic N) is 6. The van der Waals surface area contributed by atoms with Crippen LogP contribution in [0.4, 0.5) is 11.6 Å². The predicted octanol–water partition coefficient (Wildman–Crippen LogP) is 2.91. The molecule has 3 heterocycles. The lowest BCUT2D eigenvalue weighted by molar-refractivity contribution is 0.921. The topological polar surface area (TPSA) is 118 Å². The first kappa shape index (κ1) is 16.8. The number of rotatable bonds is 4. The minimum atomic E-state index is 0.131. The second-order valence-electron chi connectivity index (χ2n) is 5.68. The van der Waals surface area contributed by atoms with Gasteiger partial charge in [-0.15, -0.1) is 0 Å². The molecule has 27 heavy (non-hydrogen) atoms. The van der Waals surface area contributed by atoms with Gasteiger partial charge in [0.05, 0.1) is 11.9 Å². The van der Waals surface area contributed by atoms with E-state index >= 15 is 0 Å². The summed E-state index contributed by atoms with van der Waals surface area (Å²) in [5.74, 6) is 0.497. The standard InChI is InChI=1S/C18H13ClN8/c19-14-9-22-15-6-12(8-23-18-13(7-20)17(21)24-10-25-18)16(26-27(14)15)11-4-2-1-3-5-11/h1-6,9-10H,8H2,(H3,21,23,24,25). The number of benzene rings is 1. The monoisotopic (exact) mass is 376 g/mol. The molecular formula is C18H13ClN8. The third-order valence-corrected chi connectivity index (χ3v) is 4.27. The Hall–Kier alpha value is -3.70. The number of nitrogens with two attached hydrogens (primary N) is 1. The Bertz CT molecular complexity index is 1160. The molecule has 0 aliphatic rings. The first-order valence-electron chi connectivity index (χ1n) is 8.00. The summed E-state index contributed by atoms with van der Waals surface area (Å²) >= 11 is 6.17. The zero-order valence-corrected chi connectivity index (χ0v) is 14.7. The fourth-order valence-electron chi connectivity index (χ4n) is 2.72. The first-order chi connectivity index (χ1) is 13.2. The van der Waals surface area contributed by atoms with Crippen LogP contribution in [0.25, 0.3) is 16.9 Å². The van der Waals surface area contributed by atoms with Crippen LogP contribution >= 0.6 is 11.6 Å². The molecule has 132 valence electrons. The largest absolute Gasteiger partial charge is 0.382 e. The van der Waals surface area contributed by atoms with Gasteiger partial charge in [-0.1, -0.05) is 41.9 Å². The molecule has 0 fully saturated rings. The lowest BCUT2D eigenvalue weighted by atomic mass is 10.1. The molecule has 3 aromatic heterocycles. The normalized spacial score (nSPS) is 10.7. The molecule has 0 amide bonds. The van der Waals surface area contributed by atoms with Crippen LogP contribution in [0.1, 0.15) is 11.1 Å². The zero-order valence-electron chi connectivity index (χ0n) is 14.0. The summed E-state index contributed by atoms with van der Waals surface area (Å²) in [6.45, 7) is 0.364. The minimum absolute atomic E-state index is 0.131. The molecule has 8 nitrogen and oxygen atoms in total. The fraction of sp³-hybridized carbons (Fsp3) is 0.0556. The van der Waals surface area contributed by atoms with Gasteiger partial charge in [0.2, 0.25) is 0 Å². The molecule has 0 saturated heterocycles. The van der Waals surface area contributed by atoms with Gasteiger partial charge in [0, 0.05) is 17.7 Å². The summed E-state index contributed by atoms with van der Waals surface area (Å²) in [5.41, 5.74) is 9.13. The Kier molecular flexibility index (Phi) is 4.28. The summed E-state index contributed by atoms with van der Waals surface area (Å²) < 4.78 is 1.58. The van der Waals surface area contributed by atoms with E-state index in [1.165, 1.54) is 6.33 Å². The molecule has 9 heteroatoms. The summed E-state index contributed by atoms with van der Waals surface area (Å²) in [7, 11) is 0. The number of imidazole rings is 1. The van der Waals surface area contributed by atoms with Crippen molar-refractivity contribution >= 4 is 28.9 Å². The highest BCUT2D eigenvalue weighted by atomic mass is 35.5. The third-order valence-electron chi connectivity index (χ3n) is 4.01. The third kappa shape index (κ3) is 3.12. The number of aromatic nitrogens is 5. The Balaban J connectivity index is 1.77. The molecule has 4 aromatic rings. The molecular weight excluding hydrogens is 364 g/mol. The van der Waals surface area contributed by atoms with Crippen LogP contribution < -0.4 is 11.1 Å². The van der Waals surface area contributed by atoms with Gasteiger partial charge < -0.3 is 11.1 Å². The molecule has 0 aliphatic carbocycles. The Morgan fingerprint density at radius 2 is 2.00 bits per heavy atom. The Morgan fingerprint density at radius 1 is 1.19 bits per heavy atom. The average molecular weight is 377 g/mol. The molecule has 0 spiro atoms. The molecule has 0 saturated carbocycles. The molecule has 0 atom stereocenters. The van der Waals surface area contributed by atoms with Crippen molar-refractivity contribution in [2.75, 3.05) is 11.1 Å². The van der Waals surface area contributed by atoms with Gasteiger partial charge in [0.25, 0.3) is 0 Å². The summed E-state index contributed by atoms with van der Waals surface area (Å²) in [6, 6.07) is 13.7. The maximum Gasteiger partial charge on any atom is 0.155 e. The molecule has 0 bridgehead atoms. The second-order valence-corrected chi connectivity index (χ2v) is 6.07. The molecule has 1 aromatic carbocycles. The van der Waals surface area contributed by atoms with Crippen molar-refractivity contribution in [2.24, 2.45) is 0 Å². The number of nitrogen functional groups attached to an aromatic ring is 1. The van der Waals surface area contributed by atoms with E-state index < -0.39 is 0 Å². The number of hydrogen-bond acceptors (Lipinski definition) is 7. The van der Waals surface area contributed by atoms with Crippen LogP contribution in [-0.2, 0) is 6.54 Å². The van der Waals surface area contributed by atoms with Crippen molar-refractivity contribution in [3.8, 4) is 17.3 Å². The summed E-state index contributed by atoms with van der Waals surface area (Å²) in [4.78, 5) is 12.2. The maximum absolute atomic E-state index is 9.28. The zero-order chi connectivity index (χ0) is 18.8. The molecule has 4 rings (SSSR count). The number of nitrogens with one attached hydrogen (secondary N) is 1. The molecule has 0 unspecified atom stereocenters. The van der Waals surface area contributed by atoms with Crippen molar-refractivity contribution in [3.63, 3.8) is 0 Å². The molecule has 0 radical (unpaired) electrons. The van der Waals surface area contributed by atoms with Gasteiger partial charge in [0.15, 0.2) is 10.8 Å². The van der Waals surface area contributed by atoms with Crippen LogP contribution in [0.3, 0.4) is 0 Å². The first-order valence-corrected chi connectivity index (χ1v) is 8.38. The molecule has 0 aliphatic heterocycles. The van der Waals surface area contributed by atoms with Crippen LogP contribution in [0.2, 0.25) is 5.15 Å². The summed E-state index contributed by atoms with van der Waals surface area (Å²) in [5, 5.41) is 17.5. The van der Waals surface area contributed by atoms with E-state index in [1.807, 2.05) is 42.5 Å². The van der Waals surface area contributed by atoms with E-state index in [0.717, 1.165) is 16.8 Å². The van der Waals surface area contributed by atoms with Crippen molar-refractivity contribution in [3.05, 3.63) is 65.2 Å². The van der Waals surface area contributed by atoms with E-state index in [-0.39, 0.29) is 11.4 Å². The van der Waals surface area contributed by atoms with Crippen molar-refractivity contribution in [2.45, 2.75) is 6.54 Å². The highest BCUT2D eigenvalue weighted by molar-refractivity contribution is 6.29. The van der Waals surface area contributed by atoms with Gasteiger partial charge in [-0.25, -0.2) is 19.5 Å². The van der Waals surface area contributed by atoms with Crippen molar-refractivity contribution in [1.82, 2.24) is 24.6 Å². The lowest BCUT2D eigenvalue weighted by Gasteiger charge is -2.12. The maximum atomic E-state index is 9.28. The number of hydrogen-bond donors (Lipinski definition) is 2. The van der Waals surface area contributed by atoms with E-state index in [2.05, 4.69) is 25.4 Å². The van der Waals surface area contributed by atoms with Crippen molar-refractivity contribution < 1.29 is 0 Å². The Morgan fingerprint density at radius 3 is 2.78 bits per heavy atom. The van der Waals surface area contributed by atoms with E-state index in [9.17, 15) is 5.26 Å². The van der Waals surface area contributed by atoms with Crippen LogP contribution in [0.15, 0.2) is 48.9 Å². The number of nitriles is 1. The average Bonchev–Trinajstić information content (AvgIpc) is 3.06. The second kappa shape index (κ2) is 6.90. The number of halogens is 1. The SMILES string of the molecule is N#Cc1c(N)ncnc1NCc1cc2ncc(Cl)n2nc1-c1ccccc1. The highest BCUT2D eigenvalue weighted by Gasteiger charge is 2.14. The number of fused-ring (bicyclic) bond motifs is 1. The van der Waals surface area contributed by atoms with Crippen molar-refractivity contribution in [1.29, 1.82) is 5.26 Å². The van der Waals surface area contributed by atoms with Gasteiger partial charge in [-0.3, -0.25) is 0 Å². The smallest absolute Gasteiger partial charge is 0.155 e. The van der Waals surface area contributed by atoms with E-state index in [1.54, 1.807) is 10.7 Å². The van der Waals surface area contributed by atoms with Crippen LogP contribution in [0, 0.1) is 11.3 Å².